The van der Waals surface area contributed by atoms with Crippen molar-refractivity contribution in [2.75, 3.05) is 24.6 Å². The third kappa shape index (κ3) is 5.05. The fourth-order valence-electron chi connectivity index (χ4n) is 5.72. The summed E-state index contributed by atoms with van der Waals surface area (Å²) < 4.78 is 27.6. The molecule has 0 aromatic carbocycles. The quantitative estimate of drug-likeness (QED) is 0.571. The standard InChI is InChI=1S/C28H36FN3O5/c1-6-36-26(34)19-11-18(16-7-8-16)23-15(2)24(21(29)13-32(23)25(19)33)31-12-20(17-9-10-17)22(14-31)30-27(35)37-28(3,4)5/h11,13,16-17,20,22H,6-10,12,14H2,1-5H3,(H,30,35)/t20-,22+/m0/s1. The topological polar surface area (TPSA) is 89.3 Å². The number of aromatic nitrogens is 1. The second-order valence-corrected chi connectivity index (χ2v) is 11.6. The van der Waals surface area contributed by atoms with E-state index in [2.05, 4.69) is 5.32 Å². The number of carbonyl (C=O) groups is 2. The van der Waals surface area contributed by atoms with Gasteiger partial charge in [-0.15, -0.1) is 0 Å². The summed E-state index contributed by atoms with van der Waals surface area (Å²) in [5, 5.41) is 3.03. The van der Waals surface area contributed by atoms with Gasteiger partial charge in [0.2, 0.25) is 0 Å². The van der Waals surface area contributed by atoms with E-state index in [0.717, 1.165) is 31.2 Å². The van der Waals surface area contributed by atoms with E-state index in [1.54, 1.807) is 13.0 Å². The highest BCUT2D eigenvalue weighted by Gasteiger charge is 2.44. The summed E-state index contributed by atoms with van der Waals surface area (Å²) in [6, 6.07) is 1.49. The van der Waals surface area contributed by atoms with Crippen molar-refractivity contribution >= 4 is 23.3 Å². The molecule has 1 N–H and O–H groups in total. The number of carbonyl (C=O) groups excluding carboxylic acids is 2. The number of amides is 1. The number of nitrogens with one attached hydrogen (secondary N) is 1. The molecule has 0 radical (unpaired) electrons. The van der Waals surface area contributed by atoms with Gasteiger partial charge in [-0.3, -0.25) is 9.20 Å². The Labute approximate surface area is 216 Å². The van der Waals surface area contributed by atoms with Crippen molar-refractivity contribution in [3.63, 3.8) is 0 Å². The van der Waals surface area contributed by atoms with Gasteiger partial charge >= 0.3 is 12.1 Å². The van der Waals surface area contributed by atoms with E-state index in [0.29, 0.717) is 35.8 Å². The number of esters is 1. The van der Waals surface area contributed by atoms with Crippen LogP contribution in [0, 0.1) is 24.6 Å². The molecule has 3 aliphatic rings. The molecule has 5 rings (SSSR count). The second-order valence-electron chi connectivity index (χ2n) is 11.6. The molecule has 1 aliphatic heterocycles. The molecule has 3 fully saturated rings. The molecule has 0 bridgehead atoms. The SMILES string of the molecule is CCOC(=O)c1cc(C2CC2)c2c(C)c(N3C[C@@H](NC(=O)OC(C)(C)C)[C@H](C4CC4)C3)c(F)cn2c1=O. The molecule has 0 unspecified atom stereocenters. The minimum atomic E-state index is -0.686. The van der Waals surface area contributed by atoms with E-state index in [1.807, 2.05) is 32.6 Å². The maximum atomic E-state index is 15.8. The Morgan fingerprint density at radius 3 is 2.46 bits per heavy atom. The van der Waals surface area contributed by atoms with Crippen molar-refractivity contribution in [3.8, 4) is 0 Å². The molecule has 2 aliphatic carbocycles. The Hall–Kier alpha value is -3.10. The highest BCUT2D eigenvalue weighted by molar-refractivity contribution is 5.90. The minimum Gasteiger partial charge on any atom is -0.462 e. The molecule has 2 atom stereocenters. The van der Waals surface area contributed by atoms with E-state index in [9.17, 15) is 14.4 Å². The first kappa shape index (κ1) is 25.5. The van der Waals surface area contributed by atoms with Gasteiger partial charge in [0, 0.05) is 19.0 Å². The summed E-state index contributed by atoms with van der Waals surface area (Å²) in [7, 11) is 0. The lowest BCUT2D eigenvalue weighted by Gasteiger charge is -2.25. The second kappa shape index (κ2) is 9.33. The van der Waals surface area contributed by atoms with Crippen LogP contribution in [0.4, 0.5) is 14.9 Å². The van der Waals surface area contributed by atoms with Crippen LogP contribution < -0.4 is 15.8 Å². The average Bonchev–Trinajstić information content (AvgIpc) is 3.72. The monoisotopic (exact) mass is 513 g/mol. The van der Waals surface area contributed by atoms with Crippen LogP contribution in [0.15, 0.2) is 17.1 Å². The average molecular weight is 514 g/mol. The number of hydrogen-bond donors (Lipinski definition) is 1. The van der Waals surface area contributed by atoms with Crippen molar-refractivity contribution in [1.29, 1.82) is 0 Å². The van der Waals surface area contributed by atoms with Crippen molar-refractivity contribution in [3.05, 3.63) is 45.1 Å². The highest BCUT2D eigenvalue weighted by atomic mass is 19.1. The maximum absolute atomic E-state index is 15.8. The van der Waals surface area contributed by atoms with Gasteiger partial charge in [0.1, 0.15) is 11.2 Å². The number of alkyl carbamates (subject to hydrolysis) is 1. The molecular weight excluding hydrogens is 477 g/mol. The van der Waals surface area contributed by atoms with E-state index >= 15 is 4.39 Å². The van der Waals surface area contributed by atoms with Crippen LogP contribution in [0.2, 0.25) is 0 Å². The van der Waals surface area contributed by atoms with Crippen LogP contribution in [-0.4, -0.2) is 47.8 Å². The van der Waals surface area contributed by atoms with Crippen LogP contribution >= 0.6 is 0 Å². The third-order valence-electron chi connectivity index (χ3n) is 7.57. The smallest absolute Gasteiger partial charge is 0.407 e. The van der Waals surface area contributed by atoms with E-state index in [-0.39, 0.29) is 30.0 Å². The van der Waals surface area contributed by atoms with Crippen molar-refractivity contribution < 1.29 is 23.5 Å². The van der Waals surface area contributed by atoms with Gasteiger partial charge < -0.3 is 19.7 Å². The number of halogens is 1. The first-order valence-corrected chi connectivity index (χ1v) is 13.3. The molecule has 9 heteroatoms. The number of ether oxygens (including phenoxy) is 2. The molecule has 2 aromatic heterocycles. The van der Waals surface area contributed by atoms with Crippen molar-refractivity contribution in [2.24, 2.45) is 11.8 Å². The Bertz CT molecular complexity index is 1310. The molecule has 2 saturated carbocycles. The van der Waals surface area contributed by atoms with Crippen molar-refractivity contribution in [2.45, 2.75) is 77.9 Å². The predicted octanol–water partition coefficient (Wildman–Crippen LogP) is 4.54. The highest BCUT2D eigenvalue weighted by Crippen LogP contribution is 2.46. The zero-order valence-electron chi connectivity index (χ0n) is 22.2. The molecule has 8 nitrogen and oxygen atoms in total. The van der Waals surface area contributed by atoms with E-state index < -0.39 is 29.0 Å². The largest absolute Gasteiger partial charge is 0.462 e. The lowest BCUT2D eigenvalue weighted by molar-refractivity contribution is 0.0491. The van der Waals surface area contributed by atoms with Gasteiger partial charge in [0.25, 0.3) is 5.56 Å². The normalized spacial score (nSPS) is 21.8. The lowest BCUT2D eigenvalue weighted by atomic mass is 9.98. The van der Waals surface area contributed by atoms with Gasteiger partial charge in [-0.25, -0.2) is 14.0 Å². The summed E-state index contributed by atoms with van der Waals surface area (Å²) in [5.41, 5.74) is 1.41. The molecule has 37 heavy (non-hydrogen) atoms. The Morgan fingerprint density at radius 2 is 1.86 bits per heavy atom. The summed E-state index contributed by atoms with van der Waals surface area (Å²) in [5.74, 6) is -0.305. The Kier molecular flexibility index (Phi) is 6.44. The third-order valence-corrected chi connectivity index (χ3v) is 7.57. The molecule has 200 valence electrons. The summed E-state index contributed by atoms with van der Waals surface area (Å²) in [6.07, 6.45) is 4.85. The molecule has 2 aromatic rings. The van der Waals surface area contributed by atoms with Crippen LogP contribution in [0.25, 0.3) is 5.52 Å². The number of pyridine rings is 2. The summed E-state index contributed by atoms with van der Waals surface area (Å²) in [4.78, 5) is 40.3. The zero-order valence-corrected chi connectivity index (χ0v) is 22.2. The molecule has 0 spiro atoms. The fourth-order valence-corrected chi connectivity index (χ4v) is 5.72. The number of rotatable bonds is 6. The number of anilines is 1. The van der Waals surface area contributed by atoms with Crippen LogP contribution in [0.1, 0.15) is 80.8 Å². The van der Waals surface area contributed by atoms with E-state index in [1.165, 1.54) is 10.6 Å². The van der Waals surface area contributed by atoms with Gasteiger partial charge in [-0.2, -0.15) is 0 Å². The molecule has 1 amide bonds. The van der Waals surface area contributed by atoms with Crippen LogP contribution in [0.5, 0.6) is 0 Å². The Balaban J connectivity index is 1.53. The van der Waals surface area contributed by atoms with Gasteiger partial charge in [0.15, 0.2) is 5.82 Å². The van der Waals surface area contributed by atoms with E-state index in [4.69, 9.17) is 9.47 Å². The van der Waals surface area contributed by atoms with Crippen molar-refractivity contribution in [1.82, 2.24) is 9.72 Å². The number of hydrogen-bond acceptors (Lipinski definition) is 6. The Morgan fingerprint density at radius 1 is 1.16 bits per heavy atom. The summed E-state index contributed by atoms with van der Waals surface area (Å²) >= 11 is 0. The zero-order chi connectivity index (χ0) is 26.6. The minimum absolute atomic E-state index is 0.0654. The molecule has 3 heterocycles. The molecule has 1 saturated heterocycles. The first-order valence-electron chi connectivity index (χ1n) is 13.3. The molecular formula is C28H36FN3O5. The van der Waals surface area contributed by atoms with Gasteiger partial charge in [0.05, 0.1) is 30.0 Å². The number of fused-ring (bicyclic) bond motifs is 1. The maximum Gasteiger partial charge on any atom is 0.407 e. The van der Waals surface area contributed by atoms with Crippen LogP contribution in [-0.2, 0) is 9.47 Å². The first-order chi connectivity index (χ1) is 17.5. The van der Waals surface area contributed by atoms with Gasteiger partial charge in [-0.1, -0.05) is 0 Å². The van der Waals surface area contributed by atoms with Crippen LogP contribution in [0.3, 0.4) is 0 Å². The summed E-state index contributed by atoms with van der Waals surface area (Å²) in [6.45, 7) is 10.2. The predicted molar refractivity (Wildman–Crippen MR) is 138 cm³/mol. The fraction of sp³-hybridized carbons (Fsp3) is 0.607. The number of nitrogens with zero attached hydrogens (tertiary/aromatic N) is 2. The van der Waals surface area contributed by atoms with Gasteiger partial charge in [-0.05, 0) is 89.3 Å². The number of aryl methyl sites for hydroxylation is 1. The lowest BCUT2D eigenvalue weighted by Crippen LogP contribution is -2.43.